The van der Waals surface area contributed by atoms with Gasteiger partial charge in [-0.2, -0.15) is 9.97 Å². The number of hydrogen-bond acceptors (Lipinski definition) is 46. The number of nitrogens with zero attached hydrogens (tertiary/aromatic N) is 10. The van der Waals surface area contributed by atoms with Crippen LogP contribution in [0.25, 0.3) is 27.9 Å². The topological polar surface area (TPSA) is 719 Å². The van der Waals surface area contributed by atoms with Gasteiger partial charge in [-0.05, 0) is 85.6 Å². The highest BCUT2D eigenvalue weighted by atomic mass is 31.2. The maximum atomic E-state index is 14.8. The molecule has 16 rings (SSSR count). The van der Waals surface area contributed by atoms with Crippen LogP contribution in [-0.4, -0.2) is 298 Å². The Balaban J connectivity index is 0.000000225. The lowest BCUT2D eigenvalue weighted by atomic mass is 9.91. The van der Waals surface area contributed by atoms with E-state index in [1.165, 1.54) is 53.5 Å². The van der Waals surface area contributed by atoms with Crippen LogP contribution in [-0.2, 0) is 119 Å². The van der Waals surface area contributed by atoms with Crippen molar-refractivity contribution in [1.29, 1.82) is 0 Å². The molecule has 13 heterocycles. The first-order chi connectivity index (χ1) is 67.5. The first-order valence-electron chi connectivity index (χ1n) is 43.3. The molecule has 2 aromatic carbocycles. The Bertz CT molecular complexity index is 6140. The SMILES string of the molecule is COP(=O)(OC[C@H]1O[C@@H](n2cnc3c(=O)[nH]c(N)nc32)CC1OP(=O)(OC)OC[C@H]1O[C@@H](n2cnc3c(N)ncnc32)CC1OP(=O)(OC)OC[C@H]1O[C@@H](n2ccc(N)nc2=O)CC1O)OC1C[C@H](n2cc(C)c(=O)[nH]c2=O)O[C@@H]1CO.C[O+]=C1C=CC(=C(c2ccccc2)c2ccc(OCCCNC(=O)NCC[Si]3O[Si]O[Si]4O[Si]5O[Si]O[Si](CCN)O[Si](CCN)(O5)O[Si](CCN)(O3)O4)cc2)C=C1. The number of nitrogens with two attached hydrogens (primary N) is 6. The summed E-state index contributed by atoms with van der Waals surface area (Å²) in [5.41, 5.74) is 37.5. The highest BCUT2D eigenvalue weighted by Gasteiger charge is 2.63. The summed E-state index contributed by atoms with van der Waals surface area (Å²) in [6, 6.07) is 20.6. The van der Waals surface area contributed by atoms with Gasteiger partial charge in [0.2, 0.25) is 5.95 Å². The number of aliphatic hydroxyl groups is 2. The molecule has 66 heteroatoms. The minimum atomic E-state index is -4.82. The molecular formula is C74H102N20O35P3Si8+. The van der Waals surface area contributed by atoms with Crippen LogP contribution in [0.1, 0.15) is 73.7 Å². The number of anilines is 3. The van der Waals surface area contributed by atoms with E-state index in [1.807, 2.05) is 42.5 Å². The molecule has 17 atom stereocenters. The maximum Gasteiger partial charge on any atom is 0.551 e. The lowest BCUT2D eigenvalue weighted by Gasteiger charge is -2.45. The van der Waals surface area contributed by atoms with Gasteiger partial charge in [-0.25, -0.2) is 48.0 Å². The van der Waals surface area contributed by atoms with Crippen LogP contribution in [0.2, 0.25) is 24.2 Å². The van der Waals surface area contributed by atoms with Gasteiger partial charge in [0, 0.05) is 114 Å². The molecule has 6 aromatic heterocycles. The maximum absolute atomic E-state index is 14.8. The van der Waals surface area contributed by atoms with Gasteiger partial charge in [0.05, 0.1) is 51.8 Å². The normalized spacial score (nSPS) is 26.7. The van der Waals surface area contributed by atoms with Crippen LogP contribution >= 0.6 is 23.5 Å². The largest absolute Gasteiger partial charge is 0.551 e. The number of carbonyl (C=O) groups is 1. The molecule has 7 aliphatic heterocycles. The van der Waals surface area contributed by atoms with E-state index in [0.717, 1.165) is 64.3 Å². The van der Waals surface area contributed by atoms with Gasteiger partial charge in [-0.15, -0.1) is 0 Å². The van der Waals surface area contributed by atoms with Gasteiger partial charge in [-0.1, -0.05) is 42.5 Å². The Morgan fingerprint density at radius 1 is 0.614 bits per heavy atom. The van der Waals surface area contributed by atoms with Crippen LogP contribution in [0, 0.1) is 6.92 Å². The number of urea groups is 1. The number of aryl methyl sites for hydroxylation is 1. The molecule has 8 aromatic rings. The fraction of sp³-hybridized carbons (Fsp3) is 0.486. The predicted molar refractivity (Wildman–Crippen MR) is 498 cm³/mol. The number of ketones is 1. The van der Waals surface area contributed by atoms with E-state index in [-0.39, 0.29) is 119 Å². The number of aromatic nitrogens is 12. The summed E-state index contributed by atoms with van der Waals surface area (Å²) in [5, 5.41) is 26.8. The number of allylic oxidation sites excluding steroid dienone is 5. The van der Waals surface area contributed by atoms with Crippen LogP contribution in [0.5, 0.6) is 5.75 Å². The van der Waals surface area contributed by atoms with Crippen molar-refractivity contribution in [3.8, 4) is 5.75 Å². The van der Waals surface area contributed by atoms with Crippen LogP contribution in [0.3, 0.4) is 0 Å². The van der Waals surface area contributed by atoms with Crippen molar-refractivity contribution in [1.82, 2.24) is 68.8 Å². The zero-order valence-corrected chi connectivity index (χ0v) is 86.2. The molecule has 0 spiro atoms. The summed E-state index contributed by atoms with van der Waals surface area (Å²) in [6.45, 7) is 0.620. The first kappa shape index (κ1) is 106. The number of carbonyl (C=O) groups excluding carboxylic acids is 2. The minimum Gasteiger partial charge on any atom is -0.494 e. The molecule has 55 nitrogen and oxygen atoms in total. The van der Waals surface area contributed by atoms with Gasteiger partial charge in [0.25, 0.3) is 18.2 Å². The number of H-pyrrole nitrogens is 2. The standard InChI is InChI=1S/C42H56N15O22P3.C32H45N5O13Si8/c1-19-11-55(42(63)53-38(19)60)30-8-21(24(12-58)73-30)77-81(65,68-3)71-15-27-23(10-32(76-27)57-18-49-34-37(57)51-40(45)52-39(34)61)79-82(66,69-4)72-14-26-22(9-31(75-26)56-17-48-33-35(44)46-16-47-36(33)56)78-80(64,67-2)70-13-25-20(59)7-29(74-25)54-6-5-28(43)50-41(54)62;1-39-29-12-8-27(9-13-29)31(26-6-3-2-4-7-26)28-10-14-30(15-11-28)40-21-5-19-36-32(38)37-20-23-54-42-52-44-56-45-55-43-51-41-53(22-16-33)46-57(48-55,24-17-34)50-58(47-54,49-56)25-18-35/h5-6,11,16-18,20-27,29-32,58-59H,7-10,12-15H2,1-4H3,(H2,43,50,62)(H2,44,46,47)(H,53,60,63)(H3,45,51,52,61);2-4,6-15H,5,16-25,33-35H2,1H3,(H-,36,37,38)/p+1/t20?,21?,22?,23?,24-,25-,26-,27-,29-,30-,31-,32-,80?,81?,82?;/m1./s1. The number of aliphatic hydroxyl groups excluding tert-OH is 2. The number of hydrogen-bond donors (Lipinski definition) is 12. The van der Waals surface area contributed by atoms with Crippen molar-refractivity contribution in [3.05, 3.63) is 180 Å². The summed E-state index contributed by atoms with van der Waals surface area (Å²) < 4.78 is 198. The average Bonchev–Trinajstić information content (AvgIpc) is 1.31. The molecule has 7 fully saturated rings. The molecule has 9 unspecified atom stereocenters. The van der Waals surface area contributed by atoms with Crippen molar-refractivity contribution in [2.75, 3.05) is 111 Å². The second-order valence-corrected chi connectivity index (χ2v) is 52.2. The third-order valence-electron chi connectivity index (χ3n) is 22.0. The third-order valence-corrected chi connectivity index (χ3v) is 46.0. The molecule has 754 valence electrons. The number of rotatable bonds is 39. The third kappa shape index (κ3) is 26.3. The number of phosphoric ester groups is 3. The number of nitrogens with one attached hydrogen (secondary N) is 4. The van der Waals surface area contributed by atoms with Crippen molar-refractivity contribution in [2.24, 2.45) is 17.2 Å². The predicted octanol–water partition coefficient (Wildman–Crippen LogP) is 0.186. The second kappa shape index (κ2) is 48.1. The highest BCUT2D eigenvalue weighted by molar-refractivity contribution is 7.49. The Labute approximate surface area is 810 Å². The molecule has 18 N–H and O–H groups in total. The van der Waals surface area contributed by atoms with E-state index in [4.69, 9.17) is 144 Å². The molecule has 1 aliphatic carbocycles. The average molecular weight is 2150 g/mol. The second-order valence-electron chi connectivity index (χ2n) is 31.3. The number of amides is 2. The monoisotopic (exact) mass is 2150 g/mol. The van der Waals surface area contributed by atoms with E-state index < -0.39 is 211 Å². The lowest BCUT2D eigenvalue weighted by Crippen LogP contribution is -2.70. The summed E-state index contributed by atoms with van der Waals surface area (Å²) in [7, 11) is -26.6. The quantitative estimate of drug-likeness (QED) is 0.0106. The minimum absolute atomic E-state index is 0.0221. The van der Waals surface area contributed by atoms with Gasteiger partial charge >= 0.3 is 122 Å². The number of phosphoric acid groups is 3. The molecule has 8 radical (unpaired) electrons. The van der Waals surface area contributed by atoms with E-state index in [2.05, 4.69) is 86.9 Å². The molecule has 140 heavy (non-hydrogen) atoms. The number of benzene rings is 2. The number of aromatic amines is 2. The molecular weight excluding hydrogens is 2050 g/mol. The van der Waals surface area contributed by atoms with Crippen molar-refractivity contribution in [3.63, 3.8) is 0 Å². The molecule has 8 aliphatic rings. The Morgan fingerprint density at radius 2 is 1.16 bits per heavy atom. The first-order valence-corrected chi connectivity index (χ1v) is 58.7. The Hall–Kier alpha value is -8.43. The fourth-order valence-electron chi connectivity index (χ4n) is 15.3. The van der Waals surface area contributed by atoms with Crippen molar-refractivity contribution < 1.29 is 139 Å². The van der Waals surface area contributed by atoms with E-state index >= 15 is 0 Å². The fourth-order valence-corrected chi connectivity index (χ4v) is 41.2. The van der Waals surface area contributed by atoms with Gasteiger partial charge in [0.15, 0.2) is 22.6 Å². The van der Waals surface area contributed by atoms with Gasteiger partial charge in [0.1, 0.15) is 91.1 Å². The zero-order valence-electron chi connectivity index (χ0n) is 75.5. The van der Waals surface area contributed by atoms with Crippen LogP contribution in [0.15, 0.2) is 141 Å². The van der Waals surface area contributed by atoms with E-state index in [1.54, 1.807) is 7.11 Å². The molecule has 4 bridgehead atoms. The van der Waals surface area contributed by atoms with Crippen molar-refractivity contribution >= 4 is 156 Å². The summed E-state index contributed by atoms with van der Waals surface area (Å²) in [4.78, 5) is 91.9. The summed E-state index contributed by atoms with van der Waals surface area (Å²) >= 11 is 0. The summed E-state index contributed by atoms with van der Waals surface area (Å²) in [6.07, 6.45) is 0.0389. The molecule has 7 saturated heterocycles. The molecule has 0 saturated carbocycles. The lowest BCUT2D eigenvalue weighted by molar-refractivity contribution is -0.417. The Morgan fingerprint density at radius 3 is 1.75 bits per heavy atom. The smallest absolute Gasteiger partial charge is 0.494 e. The van der Waals surface area contributed by atoms with Gasteiger partial charge < -0.3 is 120 Å². The van der Waals surface area contributed by atoms with E-state index in [9.17, 15) is 47.9 Å². The summed E-state index contributed by atoms with van der Waals surface area (Å²) in [5.74, 6) is 1.32. The number of ether oxygens (including phenoxy) is 5. The molecule has 2 amide bonds. The van der Waals surface area contributed by atoms with Crippen LogP contribution in [0.4, 0.5) is 22.4 Å². The number of nitrogen functional groups attached to an aromatic ring is 3. The highest BCUT2D eigenvalue weighted by Crippen LogP contribution is 2.58. The van der Waals surface area contributed by atoms with E-state index in [0.29, 0.717) is 38.2 Å². The Kier molecular flexibility index (Phi) is 36.3. The zero-order chi connectivity index (χ0) is 99.0. The van der Waals surface area contributed by atoms with Crippen molar-refractivity contribution in [2.45, 2.75) is 137 Å². The van der Waals surface area contributed by atoms with Gasteiger partial charge in [-0.3, -0.25) is 83.0 Å². The number of imidazole rings is 2. The number of fused-ring (bicyclic) bond motifs is 6. The van der Waals surface area contributed by atoms with Crippen LogP contribution < -0.4 is 72.3 Å².